The Balaban J connectivity index is 2.17. The largest absolute Gasteiger partial charge is 0.327 e. The standard InChI is InChI=1S/C17H26ClN3O3S/c1-3-21(4-2)25(23,24)16-11-13(8-9-14(16)18)20-17(22)10-12-6-5-7-15(12)19/h8-9,11-12,15H,3-7,10,19H2,1-2H3,(H,20,22)/t12-,15+/m0/s1. The fraction of sp³-hybridized carbons (Fsp3) is 0.588. The Morgan fingerprint density at radius 2 is 2.00 bits per heavy atom. The van der Waals surface area contributed by atoms with Gasteiger partial charge in [0, 0.05) is 31.2 Å². The second-order valence-corrected chi connectivity index (χ2v) is 8.66. The van der Waals surface area contributed by atoms with Crippen molar-refractivity contribution in [2.75, 3.05) is 18.4 Å². The number of benzene rings is 1. The summed E-state index contributed by atoms with van der Waals surface area (Å²) in [6.45, 7) is 4.24. The first kappa shape index (κ1) is 20.2. The molecule has 1 fully saturated rings. The van der Waals surface area contributed by atoms with Crippen LogP contribution in [-0.2, 0) is 14.8 Å². The first-order valence-electron chi connectivity index (χ1n) is 8.64. The molecule has 8 heteroatoms. The maximum Gasteiger partial charge on any atom is 0.244 e. The average Bonchev–Trinajstić information content (AvgIpc) is 2.95. The predicted octanol–water partition coefficient (Wildman–Crippen LogP) is 2.83. The zero-order chi connectivity index (χ0) is 18.6. The maximum atomic E-state index is 12.7. The van der Waals surface area contributed by atoms with Crippen molar-refractivity contribution in [1.29, 1.82) is 0 Å². The van der Waals surface area contributed by atoms with E-state index in [1.54, 1.807) is 19.9 Å². The highest BCUT2D eigenvalue weighted by Gasteiger charge is 2.27. The lowest BCUT2D eigenvalue weighted by Crippen LogP contribution is -2.31. The van der Waals surface area contributed by atoms with Crippen molar-refractivity contribution in [3.63, 3.8) is 0 Å². The summed E-state index contributed by atoms with van der Waals surface area (Å²) in [5.74, 6) is 0.0297. The van der Waals surface area contributed by atoms with Gasteiger partial charge in [0.2, 0.25) is 15.9 Å². The van der Waals surface area contributed by atoms with Gasteiger partial charge in [-0.05, 0) is 37.0 Å². The third-order valence-electron chi connectivity index (χ3n) is 4.70. The van der Waals surface area contributed by atoms with Gasteiger partial charge >= 0.3 is 0 Å². The van der Waals surface area contributed by atoms with Crippen molar-refractivity contribution in [3.8, 4) is 0 Å². The first-order chi connectivity index (χ1) is 11.8. The van der Waals surface area contributed by atoms with Crippen LogP contribution in [0.2, 0.25) is 5.02 Å². The van der Waals surface area contributed by atoms with E-state index < -0.39 is 10.0 Å². The summed E-state index contributed by atoms with van der Waals surface area (Å²) in [4.78, 5) is 12.3. The normalized spacial score (nSPS) is 20.8. The van der Waals surface area contributed by atoms with E-state index in [9.17, 15) is 13.2 Å². The van der Waals surface area contributed by atoms with Gasteiger partial charge in [0.05, 0.1) is 5.02 Å². The number of sulfonamides is 1. The highest BCUT2D eigenvalue weighted by Crippen LogP contribution is 2.29. The number of nitrogens with two attached hydrogens (primary N) is 1. The molecule has 1 saturated carbocycles. The SMILES string of the molecule is CCN(CC)S(=O)(=O)c1cc(NC(=O)C[C@@H]2CCC[C@H]2N)ccc1Cl. The molecule has 25 heavy (non-hydrogen) atoms. The minimum absolute atomic E-state index is 0.00762. The smallest absolute Gasteiger partial charge is 0.244 e. The molecule has 0 radical (unpaired) electrons. The van der Waals surface area contributed by atoms with Gasteiger partial charge in [-0.15, -0.1) is 0 Å². The third kappa shape index (κ3) is 4.73. The van der Waals surface area contributed by atoms with E-state index in [2.05, 4.69) is 5.32 Å². The van der Waals surface area contributed by atoms with E-state index >= 15 is 0 Å². The Kier molecular flexibility index (Phi) is 6.85. The molecule has 3 N–H and O–H groups in total. The molecule has 0 aromatic heterocycles. The second kappa shape index (κ2) is 8.49. The van der Waals surface area contributed by atoms with Crippen molar-refractivity contribution >= 4 is 33.2 Å². The number of nitrogens with zero attached hydrogens (tertiary/aromatic N) is 1. The lowest BCUT2D eigenvalue weighted by molar-refractivity contribution is -0.117. The summed E-state index contributed by atoms with van der Waals surface area (Å²) in [7, 11) is -3.69. The Bertz CT molecular complexity index is 720. The van der Waals surface area contributed by atoms with Gasteiger partial charge in [-0.2, -0.15) is 4.31 Å². The number of amides is 1. The number of hydrogen-bond donors (Lipinski definition) is 2. The number of hydrogen-bond acceptors (Lipinski definition) is 4. The van der Waals surface area contributed by atoms with Gasteiger partial charge in [0.15, 0.2) is 0 Å². The zero-order valence-electron chi connectivity index (χ0n) is 14.7. The van der Waals surface area contributed by atoms with Gasteiger partial charge in [-0.1, -0.05) is 31.9 Å². The quantitative estimate of drug-likeness (QED) is 0.752. The van der Waals surface area contributed by atoms with Gasteiger partial charge in [0.25, 0.3) is 0 Å². The molecular weight excluding hydrogens is 362 g/mol. The molecule has 0 saturated heterocycles. The molecular formula is C17H26ClN3O3S. The van der Waals surface area contributed by atoms with Crippen molar-refractivity contribution in [1.82, 2.24) is 4.31 Å². The molecule has 6 nitrogen and oxygen atoms in total. The fourth-order valence-electron chi connectivity index (χ4n) is 3.25. The lowest BCUT2D eigenvalue weighted by Gasteiger charge is -2.20. The lowest BCUT2D eigenvalue weighted by atomic mass is 10.00. The van der Waals surface area contributed by atoms with Gasteiger partial charge < -0.3 is 11.1 Å². The molecule has 1 aromatic carbocycles. The molecule has 1 aliphatic rings. The van der Waals surface area contributed by atoms with Crippen LogP contribution in [0.4, 0.5) is 5.69 Å². The molecule has 1 aromatic rings. The van der Waals surface area contributed by atoms with Gasteiger partial charge in [-0.3, -0.25) is 4.79 Å². The monoisotopic (exact) mass is 387 g/mol. The third-order valence-corrected chi connectivity index (χ3v) is 7.24. The number of halogens is 1. The van der Waals surface area contributed by atoms with Gasteiger partial charge in [-0.25, -0.2) is 8.42 Å². The van der Waals surface area contributed by atoms with Crippen LogP contribution in [0.1, 0.15) is 39.5 Å². The van der Waals surface area contributed by atoms with Crippen LogP contribution in [0.25, 0.3) is 0 Å². The minimum Gasteiger partial charge on any atom is -0.327 e. The molecule has 0 bridgehead atoms. The molecule has 0 aliphatic heterocycles. The molecule has 1 aliphatic carbocycles. The molecule has 140 valence electrons. The summed E-state index contributed by atoms with van der Waals surface area (Å²) in [5, 5.41) is 2.91. The number of carbonyl (C=O) groups is 1. The zero-order valence-corrected chi connectivity index (χ0v) is 16.2. The van der Waals surface area contributed by atoms with Crippen LogP contribution in [0.15, 0.2) is 23.1 Å². The summed E-state index contributed by atoms with van der Waals surface area (Å²) >= 11 is 6.10. The highest BCUT2D eigenvalue weighted by molar-refractivity contribution is 7.89. The van der Waals surface area contributed by atoms with Crippen molar-refractivity contribution in [3.05, 3.63) is 23.2 Å². The average molecular weight is 388 g/mol. The molecule has 0 unspecified atom stereocenters. The Morgan fingerprint density at radius 3 is 2.56 bits per heavy atom. The summed E-state index contributed by atoms with van der Waals surface area (Å²) in [6, 6.07) is 4.59. The Hall–Kier alpha value is -1.15. The summed E-state index contributed by atoms with van der Waals surface area (Å²) in [5.41, 5.74) is 6.43. The van der Waals surface area contributed by atoms with E-state index in [1.807, 2.05) is 0 Å². The van der Waals surface area contributed by atoms with Crippen LogP contribution in [0, 0.1) is 5.92 Å². The fourth-order valence-corrected chi connectivity index (χ4v) is 5.21. The van der Waals surface area contributed by atoms with Gasteiger partial charge in [0.1, 0.15) is 4.90 Å². The van der Waals surface area contributed by atoms with Crippen molar-refractivity contribution in [2.45, 2.75) is 50.5 Å². The van der Waals surface area contributed by atoms with Crippen LogP contribution >= 0.6 is 11.6 Å². The van der Waals surface area contributed by atoms with Crippen LogP contribution < -0.4 is 11.1 Å². The molecule has 2 rings (SSSR count). The number of anilines is 1. The van der Waals surface area contributed by atoms with E-state index in [4.69, 9.17) is 17.3 Å². The molecule has 0 heterocycles. The number of rotatable bonds is 7. The predicted molar refractivity (Wildman–Crippen MR) is 100 cm³/mol. The second-order valence-electron chi connectivity index (χ2n) is 6.34. The van der Waals surface area contributed by atoms with Crippen LogP contribution in [0.3, 0.4) is 0 Å². The van der Waals surface area contributed by atoms with E-state index in [1.165, 1.54) is 16.4 Å². The summed E-state index contributed by atoms with van der Waals surface area (Å²) < 4.78 is 26.7. The molecule has 0 spiro atoms. The van der Waals surface area contributed by atoms with E-state index in [0.29, 0.717) is 25.2 Å². The maximum absolute atomic E-state index is 12.7. The number of nitrogens with one attached hydrogen (secondary N) is 1. The van der Waals surface area contributed by atoms with Crippen molar-refractivity contribution in [2.24, 2.45) is 11.7 Å². The van der Waals surface area contributed by atoms with Crippen LogP contribution in [0.5, 0.6) is 0 Å². The summed E-state index contributed by atoms with van der Waals surface area (Å²) in [6.07, 6.45) is 3.30. The van der Waals surface area contributed by atoms with E-state index in [0.717, 1.165) is 19.3 Å². The Labute approximate surface area is 154 Å². The molecule has 2 atom stereocenters. The van der Waals surface area contributed by atoms with Crippen LogP contribution in [-0.4, -0.2) is 37.8 Å². The van der Waals surface area contributed by atoms with Crippen molar-refractivity contribution < 1.29 is 13.2 Å². The topological polar surface area (TPSA) is 92.5 Å². The minimum atomic E-state index is -3.69. The Morgan fingerprint density at radius 1 is 1.32 bits per heavy atom. The molecule has 1 amide bonds. The highest BCUT2D eigenvalue weighted by atomic mass is 35.5. The first-order valence-corrected chi connectivity index (χ1v) is 10.5. The van der Waals surface area contributed by atoms with E-state index in [-0.39, 0.29) is 27.8 Å². The number of carbonyl (C=O) groups excluding carboxylic acids is 1.